The third-order valence-corrected chi connectivity index (χ3v) is 4.06. The van der Waals surface area contributed by atoms with Gasteiger partial charge in [-0.1, -0.05) is 35.3 Å². The van der Waals surface area contributed by atoms with Gasteiger partial charge in [-0.3, -0.25) is 4.68 Å². The monoisotopic (exact) mass is 327 g/mol. The summed E-state index contributed by atoms with van der Waals surface area (Å²) in [7, 11) is 3.97. The third kappa shape index (κ3) is 3.77. The summed E-state index contributed by atoms with van der Waals surface area (Å²) in [5.74, 6) is 0. The fraction of sp³-hybridized carbons (Fsp3) is 0.400. The van der Waals surface area contributed by atoms with Gasteiger partial charge in [-0.25, -0.2) is 0 Å². The lowest BCUT2D eigenvalue weighted by atomic mass is 10.0. The number of aliphatic hydroxyl groups excluding tert-OH is 1. The van der Waals surface area contributed by atoms with Gasteiger partial charge in [-0.05, 0) is 38.2 Å². The highest BCUT2D eigenvalue weighted by Crippen LogP contribution is 2.30. The highest BCUT2D eigenvalue weighted by atomic mass is 35.5. The molecule has 1 heterocycles. The van der Waals surface area contributed by atoms with Crippen LogP contribution in [0.3, 0.4) is 0 Å². The molecule has 1 aromatic heterocycles. The van der Waals surface area contributed by atoms with Crippen LogP contribution in [0.2, 0.25) is 10.0 Å². The zero-order valence-electron chi connectivity index (χ0n) is 12.3. The van der Waals surface area contributed by atoms with Crippen LogP contribution in [0.15, 0.2) is 24.4 Å². The van der Waals surface area contributed by atoms with E-state index in [4.69, 9.17) is 23.2 Å². The quantitative estimate of drug-likeness (QED) is 0.917. The number of likely N-dealkylation sites (N-methyl/N-ethyl adjacent to an activating group) is 1. The first-order valence-corrected chi connectivity index (χ1v) is 7.45. The van der Waals surface area contributed by atoms with Gasteiger partial charge in [-0.2, -0.15) is 5.10 Å². The van der Waals surface area contributed by atoms with Crippen LogP contribution in [-0.2, 0) is 6.54 Å². The normalized spacial score (nSPS) is 12.9. The van der Waals surface area contributed by atoms with Crippen LogP contribution < -0.4 is 0 Å². The lowest BCUT2D eigenvalue weighted by Gasteiger charge is -2.17. The Labute approximate surface area is 134 Å². The highest BCUT2D eigenvalue weighted by Gasteiger charge is 2.20. The smallest absolute Gasteiger partial charge is 0.122 e. The number of aryl methyl sites for hydroxylation is 1. The molecule has 0 amide bonds. The number of nitrogens with zero attached hydrogens (tertiary/aromatic N) is 3. The summed E-state index contributed by atoms with van der Waals surface area (Å²) in [6.45, 7) is 3.39. The minimum atomic E-state index is -0.847. The van der Waals surface area contributed by atoms with Gasteiger partial charge in [0.25, 0.3) is 0 Å². The Hall–Kier alpha value is -1.07. The number of hydrogen-bond donors (Lipinski definition) is 1. The molecule has 1 aromatic carbocycles. The van der Waals surface area contributed by atoms with Crippen molar-refractivity contribution in [3.63, 3.8) is 0 Å². The van der Waals surface area contributed by atoms with E-state index in [9.17, 15) is 5.11 Å². The molecular formula is C15H19Cl2N3O. The molecule has 0 radical (unpaired) electrons. The molecule has 21 heavy (non-hydrogen) atoms. The number of rotatable bonds is 5. The molecule has 0 bridgehead atoms. The van der Waals surface area contributed by atoms with E-state index in [1.807, 2.05) is 33.2 Å². The topological polar surface area (TPSA) is 41.3 Å². The number of hydrogen-bond acceptors (Lipinski definition) is 3. The first-order valence-electron chi connectivity index (χ1n) is 6.70. The second-order valence-electron chi connectivity index (χ2n) is 5.32. The maximum absolute atomic E-state index is 10.6. The predicted octanol–water partition coefficient (Wildman–Crippen LogP) is 3.14. The minimum absolute atomic E-state index is 0.456. The number of benzene rings is 1. The molecule has 2 aromatic rings. The van der Waals surface area contributed by atoms with Crippen LogP contribution >= 0.6 is 23.2 Å². The summed E-state index contributed by atoms with van der Waals surface area (Å²) in [5, 5.41) is 15.9. The van der Waals surface area contributed by atoms with Crippen molar-refractivity contribution in [2.45, 2.75) is 19.6 Å². The average molecular weight is 328 g/mol. The van der Waals surface area contributed by atoms with Crippen LogP contribution in [0.4, 0.5) is 0 Å². The first-order chi connectivity index (χ1) is 9.90. The molecule has 0 saturated heterocycles. The number of aromatic nitrogens is 2. The molecule has 114 valence electrons. The summed E-state index contributed by atoms with van der Waals surface area (Å²) in [4.78, 5) is 2.05. The fourth-order valence-corrected chi connectivity index (χ4v) is 2.49. The summed E-state index contributed by atoms with van der Waals surface area (Å²) >= 11 is 12.3. The molecule has 4 nitrogen and oxygen atoms in total. The van der Waals surface area contributed by atoms with Crippen molar-refractivity contribution in [3.05, 3.63) is 51.3 Å². The lowest BCUT2D eigenvalue weighted by Crippen LogP contribution is -2.21. The van der Waals surface area contributed by atoms with E-state index in [-0.39, 0.29) is 0 Å². The molecular weight excluding hydrogens is 309 g/mol. The summed E-state index contributed by atoms with van der Waals surface area (Å²) in [6.07, 6.45) is 0.714. The van der Waals surface area contributed by atoms with Crippen molar-refractivity contribution >= 4 is 23.2 Å². The van der Waals surface area contributed by atoms with Crippen LogP contribution in [-0.4, -0.2) is 40.4 Å². The highest BCUT2D eigenvalue weighted by molar-refractivity contribution is 6.31. The van der Waals surface area contributed by atoms with Gasteiger partial charge in [0, 0.05) is 11.6 Å². The molecule has 6 heteroatoms. The largest absolute Gasteiger partial charge is 0.382 e. The zero-order chi connectivity index (χ0) is 15.6. The van der Waals surface area contributed by atoms with Crippen LogP contribution in [0.25, 0.3) is 0 Å². The Morgan fingerprint density at radius 1 is 1.29 bits per heavy atom. The van der Waals surface area contributed by atoms with Crippen LogP contribution in [0, 0.1) is 6.92 Å². The molecule has 1 unspecified atom stereocenters. The van der Waals surface area contributed by atoms with Crippen molar-refractivity contribution < 1.29 is 5.11 Å². The van der Waals surface area contributed by atoms with Gasteiger partial charge in [0.1, 0.15) is 6.10 Å². The van der Waals surface area contributed by atoms with E-state index in [0.29, 0.717) is 27.8 Å². The Kier molecular flexibility index (Phi) is 5.27. The molecule has 0 aliphatic rings. The zero-order valence-corrected chi connectivity index (χ0v) is 13.9. The summed E-state index contributed by atoms with van der Waals surface area (Å²) in [6, 6.07) is 5.50. The van der Waals surface area contributed by atoms with Gasteiger partial charge < -0.3 is 10.0 Å². The van der Waals surface area contributed by atoms with E-state index < -0.39 is 6.10 Å². The predicted molar refractivity (Wildman–Crippen MR) is 86.0 cm³/mol. The van der Waals surface area contributed by atoms with Crippen molar-refractivity contribution in [2.24, 2.45) is 0 Å². The fourth-order valence-electron chi connectivity index (χ4n) is 2.05. The van der Waals surface area contributed by atoms with E-state index in [1.54, 1.807) is 16.9 Å². The van der Waals surface area contributed by atoms with Crippen molar-refractivity contribution in [3.8, 4) is 0 Å². The SMILES string of the molecule is Cc1ccc(C(O)c2c(Cl)cnn2CCN(C)C)cc1Cl. The molecule has 0 fully saturated rings. The van der Waals surface area contributed by atoms with Crippen LogP contribution in [0.1, 0.15) is 22.9 Å². The maximum atomic E-state index is 10.6. The molecule has 0 aliphatic carbocycles. The molecule has 2 rings (SSSR count). The number of halogens is 2. The van der Waals surface area contributed by atoms with Gasteiger partial charge >= 0.3 is 0 Å². The average Bonchev–Trinajstić information content (AvgIpc) is 2.80. The Balaban J connectivity index is 2.31. The van der Waals surface area contributed by atoms with Crippen molar-refractivity contribution in [2.75, 3.05) is 20.6 Å². The Morgan fingerprint density at radius 3 is 2.62 bits per heavy atom. The summed E-state index contributed by atoms with van der Waals surface area (Å²) < 4.78 is 1.74. The minimum Gasteiger partial charge on any atom is -0.382 e. The third-order valence-electron chi connectivity index (χ3n) is 3.36. The first kappa shape index (κ1) is 16.3. The van der Waals surface area contributed by atoms with E-state index in [2.05, 4.69) is 10.00 Å². The second kappa shape index (κ2) is 6.79. The standard InChI is InChI=1S/C15H19Cl2N3O/c1-10-4-5-11(8-12(10)16)15(21)14-13(17)9-18-20(14)7-6-19(2)3/h4-5,8-9,15,21H,6-7H2,1-3H3. The molecule has 0 saturated carbocycles. The molecule has 0 aliphatic heterocycles. The number of aliphatic hydroxyl groups is 1. The summed E-state index contributed by atoms with van der Waals surface area (Å²) in [5.41, 5.74) is 2.28. The maximum Gasteiger partial charge on any atom is 0.122 e. The molecule has 1 N–H and O–H groups in total. The van der Waals surface area contributed by atoms with Crippen molar-refractivity contribution in [1.82, 2.24) is 14.7 Å². The Morgan fingerprint density at radius 2 is 2.00 bits per heavy atom. The van der Waals surface area contributed by atoms with Crippen LogP contribution in [0.5, 0.6) is 0 Å². The van der Waals surface area contributed by atoms with E-state index in [0.717, 1.165) is 12.1 Å². The lowest BCUT2D eigenvalue weighted by molar-refractivity contribution is 0.205. The van der Waals surface area contributed by atoms with E-state index >= 15 is 0 Å². The van der Waals surface area contributed by atoms with Gasteiger partial charge in [0.05, 0.1) is 23.5 Å². The van der Waals surface area contributed by atoms with Gasteiger partial charge in [0.2, 0.25) is 0 Å². The van der Waals surface area contributed by atoms with E-state index in [1.165, 1.54) is 0 Å². The van der Waals surface area contributed by atoms with Gasteiger partial charge in [0.15, 0.2) is 0 Å². The molecule has 1 atom stereocenters. The van der Waals surface area contributed by atoms with Gasteiger partial charge in [-0.15, -0.1) is 0 Å². The molecule has 0 spiro atoms. The van der Waals surface area contributed by atoms with Crippen molar-refractivity contribution in [1.29, 1.82) is 0 Å². The second-order valence-corrected chi connectivity index (χ2v) is 6.13. The Bertz CT molecular complexity index is 625.